The number of sulfonamides is 1. The second-order valence-corrected chi connectivity index (χ2v) is 12.0. The number of carbonyl (C=O) groups is 1. The fourth-order valence-electron chi connectivity index (χ4n) is 5.15. The maximum Gasteiger partial charge on any atom is 0.265 e. The molecular weight excluding hydrogens is 550 g/mol. The van der Waals surface area contributed by atoms with E-state index in [0.717, 1.165) is 33.4 Å². The van der Waals surface area contributed by atoms with Crippen LogP contribution < -0.4 is 14.8 Å². The minimum absolute atomic E-state index is 0.0152. The van der Waals surface area contributed by atoms with Crippen LogP contribution in [0, 0.1) is 5.92 Å². The molecule has 1 aromatic heterocycles. The van der Waals surface area contributed by atoms with Gasteiger partial charge >= 0.3 is 0 Å². The lowest BCUT2D eigenvalue weighted by molar-refractivity contribution is 0.0981. The average Bonchev–Trinajstić information content (AvgIpc) is 3.02. The summed E-state index contributed by atoms with van der Waals surface area (Å²) in [7, 11) is -3.99. The molecule has 0 radical (unpaired) electrons. The van der Waals surface area contributed by atoms with E-state index in [0.29, 0.717) is 25.3 Å². The molecule has 4 aromatic carbocycles. The number of aliphatic hydroxyl groups is 1. The lowest BCUT2D eigenvalue weighted by atomic mass is 9.86. The summed E-state index contributed by atoms with van der Waals surface area (Å²) in [5.41, 5.74) is 4.33. The van der Waals surface area contributed by atoms with Crippen molar-refractivity contribution in [1.82, 2.24) is 9.71 Å². The molecule has 212 valence electrons. The monoisotopic (exact) mass is 579 g/mol. The van der Waals surface area contributed by atoms with Crippen LogP contribution in [0.2, 0.25) is 0 Å². The molecule has 0 fully saturated rings. The summed E-state index contributed by atoms with van der Waals surface area (Å²) in [6.07, 6.45) is -0.286. The third-order valence-electron chi connectivity index (χ3n) is 7.35. The molecule has 0 bridgehead atoms. The molecule has 6 rings (SSSR count). The molecule has 8 nitrogen and oxygen atoms in total. The number of nitrogens with one attached hydrogen (secondary N) is 2. The van der Waals surface area contributed by atoms with Gasteiger partial charge < -0.3 is 15.2 Å². The molecular formula is C33H29N3O5S. The smallest absolute Gasteiger partial charge is 0.265 e. The minimum Gasteiger partial charge on any atom is -0.487 e. The van der Waals surface area contributed by atoms with E-state index in [1.807, 2.05) is 60.7 Å². The van der Waals surface area contributed by atoms with Crippen LogP contribution in [-0.4, -0.2) is 31.0 Å². The number of pyridine rings is 1. The van der Waals surface area contributed by atoms with E-state index in [-0.39, 0.29) is 16.4 Å². The zero-order valence-electron chi connectivity index (χ0n) is 22.6. The van der Waals surface area contributed by atoms with Gasteiger partial charge in [-0.25, -0.2) is 18.1 Å². The van der Waals surface area contributed by atoms with Crippen molar-refractivity contribution < 1.29 is 23.1 Å². The van der Waals surface area contributed by atoms with Crippen LogP contribution in [0.1, 0.15) is 33.3 Å². The Kier molecular flexibility index (Phi) is 7.60. The van der Waals surface area contributed by atoms with Gasteiger partial charge in [-0.3, -0.25) is 4.79 Å². The zero-order chi connectivity index (χ0) is 29.1. The van der Waals surface area contributed by atoms with E-state index in [1.54, 1.807) is 36.4 Å². The number of anilines is 1. The fraction of sp³-hybridized carbons (Fsp3) is 0.152. The van der Waals surface area contributed by atoms with E-state index in [1.165, 1.54) is 12.1 Å². The number of para-hydroxylation sites is 1. The van der Waals surface area contributed by atoms with Crippen LogP contribution in [0.4, 0.5) is 5.69 Å². The molecule has 3 N–H and O–H groups in total. The molecule has 2 unspecified atom stereocenters. The van der Waals surface area contributed by atoms with E-state index in [4.69, 9.17) is 4.74 Å². The molecule has 2 atom stereocenters. The molecule has 0 saturated heterocycles. The van der Waals surface area contributed by atoms with Gasteiger partial charge in [-0.2, -0.15) is 0 Å². The van der Waals surface area contributed by atoms with Crippen LogP contribution in [0.3, 0.4) is 0 Å². The van der Waals surface area contributed by atoms with Crippen molar-refractivity contribution in [3.63, 3.8) is 0 Å². The topological polar surface area (TPSA) is 118 Å². The predicted molar refractivity (Wildman–Crippen MR) is 161 cm³/mol. The van der Waals surface area contributed by atoms with Crippen LogP contribution in [0.25, 0.3) is 10.9 Å². The Balaban J connectivity index is 1.12. The second-order valence-electron chi connectivity index (χ2n) is 10.3. The van der Waals surface area contributed by atoms with Gasteiger partial charge in [0, 0.05) is 34.7 Å². The number of aromatic nitrogens is 1. The number of fused-ring (bicyclic) bond motifs is 2. The number of carbonyl (C=O) groups excluding carboxylic acids is 1. The summed E-state index contributed by atoms with van der Waals surface area (Å²) < 4.78 is 33.4. The first-order valence-corrected chi connectivity index (χ1v) is 15.1. The molecule has 1 aliphatic rings. The molecule has 5 aromatic rings. The van der Waals surface area contributed by atoms with Crippen molar-refractivity contribution >= 4 is 32.5 Å². The summed E-state index contributed by atoms with van der Waals surface area (Å²) in [6, 6.07) is 32.0. The quantitative estimate of drug-likeness (QED) is 0.230. The third kappa shape index (κ3) is 5.97. The number of aliphatic hydroxyl groups excluding tert-OH is 1. The van der Waals surface area contributed by atoms with E-state index >= 15 is 0 Å². The maximum absolute atomic E-state index is 12.8. The SMILES string of the molecule is O=C(NS(=O)(=O)c1ccccc1)c1cccc(CC2CNc3ccc(OCc4ccc5ccccc5n4)cc3C2O)c1. The fourth-order valence-corrected chi connectivity index (χ4v) is 6.15. The first kappa shape index (κ1) is 27.4. The van der Waals surface area contributed by atoms with Crippen LogP contribution in [-0.2, 0) is 23.1 Å². The number of amides is 1. The Hall–Kier alpha value is -4.73. The number of rotatable bonds is 8. The summed E-state index contributed by atoms with van der Waals surface area (Å²) in [5.74, 6) is -0.263. The molecule has 2 heterocycles. The van der Waals surface area contributed by atoms with Crippen LogP contribution >= 0.6 is 0 Å². The molecule has 1 aliphatic heterocycles. The molecule has 9 heteroatoms. The Morgan fingerprint density at radius 2 is 1.74 bits per heavy atom. The highest BCUT2D eigenvalue weighted by Crippen LogP contribution is 2.37. The molecule has 0 spiro atoms. The van der Waals surface area contributed by atoms with Crippen LogP contribution in [0.5, 0.6) is 5.75 Å². The Bertz CT molecular complexity index is 1860. The zero-order valence-corrected chi connectivity index (χ0v) is 23.4. The minimum atomic E-state index is -3.99. The third-order valence-corrected chi connectivity index (χ3v) is 8.70. The second kappa shape index (κ2) is 11.6. The van der Waals surface area contributed by atoms with Crippen molar-refractivity contribution in [2.45, 2.75) is 24.0 Å². The summed E-state index contributed by atoms with van der Waals surface area (Å²) in [6.45, 7) is 0.833. The lowest BCUT2D eigenvalue weighted by Gasteiger charge is -2.31. The predicted octanol–water partition coefficient (Wildman–Crippen LogP) is 5.25. The van der Waals surface area contributed by atoms with Crippen molar-refractivity contribution in [3.8, 4) is 5.75 Å². The van der Waals surface area contributed by atoms with Gasteiger partial charge in [0.15, 0.2) is 0 Å². The number of nitrogens with zero attached hydrogens (tertiary/aromatic N) is 1. The van der Waals surface area contributed by atoms with Gasteiger partial charge in [0.05, 0.1) is 22.2 Å². The normalized spacial score (nSPS) is 16.3. The summed E-state index contributed by atoms with van der Waals surface area (Å²) >= 11 is 0. The molecule has 1 amide bonds. The largest absolute Gasteiger partial charge is 0.487 e. The van der Waals surface area contributed by atoms with Crippen LogP contribution in [0.15, 0.2) is 114 Å². The Morgan fingerprint density at radius 3 is 2.60 bits per heavy atom. The van der Waals surface area contributed by atoms with Gasteiger partial charge in [0.2, 0.25) is 0 Å². The van der Waals surface area contributed by atoms with Crippen molar-refractivity contribution in [2.24, 2.45) is 5.92 Å². The molecule has 0 saturated carbocycles. The number of hydrogen-bond donors (Lipinski definition) is 3. The van der Waals surface area contributed by atoms with Gasteiger partial charge in [-0.15, -0.1) is 0 Å². The highest BCUT2D eigenvalue weighted by molar-refractivity contribution is 7.90. The molecule has 42 heavy (non-hydrogen) atoms. The standard InChI is InChI=1S/C33H29N3O5S/c37-32-25(18-22-7-6-9-24(17-22)33(38)36-42(39,40)28-10-2-1-3-11-28)20-34-31-16-15-27(19-29(31)32)41-21-26-14-13-23-8-4-5-12-30(23)35-26/h1-17,19,25,32,34,37H,18,20-21H2,(H,36,38). The molecule has 0 aliphatic carbocycles. The lowest BCUT2D eigenvalue weighted by Crippen LogP contribution is -2.31. The first-order chi connectivity index (χ1) is 20.4. The van der Waals surface area contributed by atoms with E-state index < -0.39 is 22.0 Å². The Labute approximate surface area is 244 Å². The first-order valence-electron chi connectivity index (χ1n) is 13.6. The Morgan fingerprint density at radius 1 is 0.929 bits per heavy atom. The highest BCUT2D eigenvalue weighted by atomic mass is 32.2. The summed E-state index contributed by atoms with van der Waals surface area (Å²) in [5, 5.41) is 15.8. The van der Waals surface area contributed by atoms with E-state index in [9.17, 15) is 18.3 Å². The number of hydrogen-bond acceptors (Lipinski definition) is 7. The maximum atomic E-state index is 12.8. The van der Waals surface area contributed by atoms with Crippen molar-refractivity contribution in [1.29, 1.82) is 0 Å². The van der Waals surface area contributed by atoms with Gasteiger partial charge in [-0.1, -0.05) is 54.6 Å². The van der Waals surface area contributed by atoms with Crippen molar-refractivity contribution in [2.75, 3.05) is 11.9 Å². The van der Waals surface area contributed by atoms with Gasteiger partial charge in [-0.05, 0) is 66.6 Å². The van der Waals surface area contributed by atoms with Gasteiger partial charge in [0.25, 0.3) is 15.9 Å². The average molecular weight is 580 g/mol. The number of ether oxygens (including phenoxy) is 1. The summed E-state index contributed by atoms with van der Waals surface area (Å²) in [4.78, 5) is 17.5. The van der Waals surface area contributed by atoms with Crippen molar-refractivity contribution in [3.05, 3.63) is 132 Å². The van der Waals surface area contributed by atoms with Gasteiger partial charge in [0.1, 0.15) is 12.4 Å². The van der Waals surface area contributed by atoms with E-state index in [2.05, 4.69) is 15.0 Å². The number of benzene rings is 4. The highest BCUT2D eigenvalue weighted by Gasteiger charge is 2.29.